The molecule has 5 nitrogen and oxygen atoms in total. The second-order valence-corrected chi connectivity index (χ2v) is 8.73. The van der Waals surface area contributed by atoms with Crippen LogP contribution in [0, 0.1) is 13.8 Å². The zero-order chi connectivity index (χ0) is 20.8. The monoisotopic (exact) mass is 454 g/mol. The van der Waals surface area contributed by atoms with E-state index in [2.05, 4.69) is 36.5 Å². The Morgan fingerprint density at radius 1 is 0.967 bits per heavy atom. The number of aryl methyl sites for hydroxylation is 2. The van der Waals surface area contributed by atoms with E-state index in [0.29, 0.717) is 10.0 Å². The summed E-state index contributed by atoms with van der Waals surface area (Å²) in [5.41, 5.74) is 6.15. The molecular formula is C22H16Cl2N4OS. The van der Waals surface area contributed by atoms with Gasteiger partial charge in [-0.05, 0) is 32.0 Å². The van der Waals surface area contributed by atoms with Crippen molar-refractivity contribution in [2.45, 2.75) is 13.8 Å². The summed E-state index contributed by atoms with van der Waals surface area (Å²) in [6.45, 7) is 3.97. The van der Waals surface area contributed by atoms with Crippen LogP contribution in [0.25, 0.3) is 28.3 Å². The summed E-state index contributed by atoms with van der Waals surface area (Å²) in [4.78, 5) is 9.53. The van der Waals surface area contributed by atoms with E-state index < -0.39 is 0 Å². The van der Waals surface area contributed by atoms with Gasteiger partial charge in [0.05, 0.1) is 0 Å². The molecule has 0 aliphatic rings. The van der Waals surface area contributed by atoms with E-state index in [1.54, 1.807) is 22.8 Å². The molecule has 0 aliphatic carbocycles. The lowest BCUT2D eigenvalue weighted by atomic mass is 10.1. The third kappa shape index (κ3) is 3.58. The molecule has 0 radical (unpaired) electrons. The van der Waals surface area contributed by atoms with Crippen LogP contribution < -0.4 is 5.32 Å². The van der Waals surface area contributed by atoms with Crippen molar-refractivity contribution in [1.29, 1.82) is 0 Å². The zero-order valence-electron chi connectivity index (χ0n) is 16.1. The van der Waals surface area contributed by atoms with E-state index in [4.69, 9.17) is 37.7 Å². The highest BCUT2D eigenvalue weighted by molar-refractivity contribution is 7.14. The lowest BCUT2D eigenvalue weighted by Crippen LogP contribution is -1.91. The second-order valence-electron chi connectivity index (χ2n) is 6.99. The average molecular weight is 455 g/mol. The Labute approximate surface area is 186 Å². The molecule has 0 saturated heterocycles. The maximum absolute atomic E-state index is 6.10. The normalized spacial score (nSPS) is 11.3. The molecule has 150 valence electrons. The van der Waals surface area contributed by atoms with Crippen LogP contribution in [0.4, 0.5) is 10.8 Å². The first-order valence-electron chi connectivity index (χ1n) is 9.22. The number of hydrogen-bond donors (Lipinski definition) is 1. The van der Waals surface area contributed by atoms with Gasteiger partial charge >= 0.3 is 0 Å². The molecule has 0 bridgehead atoms. The van der Waals surface area contributed by atoms with Gasteiger partial charge in [-0.3, -0.25) is 0 Å². The van der Waals surface area contributed by atoms with Gasteiger partial charge in [0.2, 0.25) is 0 Å². The number of nitrogens with zero attached hydrogens (tertiary/aromatic N) is 3. The standard InChI is InChI=1S/C22H16Cl2N4OS/c1-12-3-5-14(6-4-12)21-20(27-19-7-13(2)29-28(19)21)18-11-30-22(26-18)25-17-9-15(23)8-16(24)10-17/h3-11H,1-2H3,(H,25,26). The first kappa shape index (κ1) is 19.2. The van der Waals surface area contributed by atoms with E-state index in [-0.39, 0.29) is 0 Å². The van der Waals surface area contributed by atoms with Crippen molar-refractivity contribution in [2.24, 2.45) is 0 Å². The highest BCUT2D eigenvalue weighted by atomic mass is 35.5. The molecule has 0 fully saturated rings. The van der Waals surface area contributed by atoms with Crippen LogP contribution >= 0.6 is 34.5 Å². The first-order chi connectivity index (χ1) is 14.5. The number of hydrogen-bond acceptors (Lipinski definition) is 5. The average Bonchev–Trinajstić information content (AvgIpc) is 3.36. The molecule has 3 heterocycles. The van der Waals surface area contributed by atoms with Crippen LogP contribution in [0.2, 0.25) is 10.0 Å². The molecule has 30 heavy (non-hydrogen) atoms. The molecule has 0 spiro atoms. The number of benzene rings is 2. The highest BCUT2D eigenvalue weighted by Crippen LogP contribution is 2.36. The molecule has 0 saturated carbocycles. The summed E-state index contributed by atoms with van der Waals surface area (Å²) in [5, 5.41) is 7.08. The van der Waals surface area contributed by atoms with Crippen LogP contribution in [0.1, 0.15) is 11.3 Å². The Hall–Kier alpha value is -2.80. The number of anilines is 2. The number of imidazole rings is 1. The maximum atomic E-state index is 6.10. The molecule has 3 aromatic heterocycles. The van der Waals surface area contributed by atoms with Crippen molar-refractivity contribution in [3.8, 4) is 22.6 Å². The van der Waals surface area contributed by atoms with Gasteiger partial charge < -0.3 is 9.84 Å². The largest absolute Gasteiger partial charge is 0.378 e. The molecule has 0 aliphatic heterocycles. The molecule has 5 aromatic rings. The molecule has 5 rings (SSSR count). The number of thiazole rings is 1. The zero-order valence-corrected chi connectivity index (χ0v) is 18.4. The number of halogens is 2. The Balaban J connectivity index is 1.57. The number of fused-ring (bicyclic) bond motifs is 1. The maximum Gasteiger partial charge on any atom is 0.187 e. The molecule has 2 aromatic carbocycles. The van der Waals surface area contributed by atoms with Gasteiger partial charge in [-0.15, -0.1) is 11.3 Å². The lowest BCUT2D eigenvalue weighted by Gasteiger charge is -2.04. The quantitative estimate of drug-likeness (QED) is 0.307. The van der Waals surface area contributed by atoms with E-state index >= 15 is 0 Å². The van der Waals surface area contributed by atoms with Crippen molar-refractivity contribution in [3.05, 3.63) is 75.3 Å². The van der Waals surface area contributed by atoms with Crippen molar-refractivity contribution < 1.29 is 4.52 Å². The van der Waals surface area contributed by atoms with Gasteiger partial charge in [0.25, 0.3) is 0 Å². The summed E-state index contributed by atoms with van der Waals surface area (Å²) in [6.07, 6.45) is 0. The minimum atomic E-state index is 0.563. The Kier molecular flexibility index (Phi) is 4.77. The number of nitrogens with one attached hydrogen (secondary N) is 1. The van der Waals surface area contributed by atoms with Crippen LogP contribution in [-0.2, 0) is 0 Å². The van der Waals surface area contributed by atoms with E-state index in [9.17, 15) is 0 Å². The molecule has 0 unspecified atom stereocenters. The van der Waals surface area contributed by atoms with Crippen molar-refractivity contribution in [1.82, 2.24) is 14.5 Å². The van der Waals surface area contributed by atoms with Gasteiger partial charge in [-0.25, -0.2) is 9.97 Å². The van der Waals surface area contributed by atoms with Crippen LogP contribution in [0.3, 0.4) is 0 Å². The summed E-state index contributed by atoms with van der Waals surface area (Å²) < 4.78 is 7.66. The SMILES string of the molecule is Cc1ccc(-c2c(-c3csc(Nc4cc(Cl)cc(Cl)c4)n3)nc3cc(C)on23)cc1. The van der Waals surface area contributed by atoms with Gasteiger partial charge in [0.1, 0.15) is 22.8 Å². The number of rotatable bonds is 4. The third-order valence-corrected chi connectivity index (χ3v) is 5.81. The fourth-order valence-corrected chi connectivity index (χ4v) is 4.53. The summed E-state index contributed by atoms with van der Waals surface area (Å²) in [6, 6.07) is 15.5. The van der Waals surface area contributed by atoms with E-state index in [0.717, 1.165) is 44.9 Å². The van der Waals surface area contributed by atoms with Crippen LogP contribution in [-0.4, -0.2) is 14.5 Å². The number of aromatic nitrogens is 3. The highest BCUT2D eigenvalue weighted by Gasteiger charge is 2.21. The lowest BCUT2D eigenvalue weighted by molar-refractivity contribution is 0.361. The summed E-state index contributed by atoms with van der Waals surface area (Å²) in [7, 11) is 0. The second kappa shape index (κ2) is 7.47. The van der Waals surface area contributed by atoms with Crippen molar-refractivity contribution >= 4 is 51.0 Å². The summed E-state index contributed by atoms with van der Waals surface area (Å²) >= 11 is 13.7. The molecule has 0 amide bonds. The minimum Gasteiger partial charge on any atom is -0.378 e. The van der Waals surface area contributed by atoms with Crippen LogP contribution in [0.5, 0.6) is 0 Å². The third-order valence-electron chi connectivity index (χ3n) is 4.62. The van der Waals surface area contributed by atoms with E-state index in [1.165, 1.54) is 16.9 Å². The molecular weight excluding hydrogens is 439 g/mol. The van der Waals surface area contributed by atoms with Gasteiger partial charge in [-0.1, -0.05) is 53.0 Å². The first-order valence-corrected chi connectivity index (χ1v) is 10.9. The van der Waals surface area contributed by atoms with Gasteiger partial charge in [-0.2, -0.15) is 4.57 Å². The predicted octanol–water partition coefficient (Wildman–Crippen LogP) is 7.39. The predicted molar refractivity (Wildman–Crippen MR) is 123 cm³/mol. The van der Waals surface area contributed by atoms with E-state index in [1.807, 2.05) is 18.4 Å². The minimum absolute atomic E-state index is 0.563. The topological polar surface area (TPSA) is 55.4 Å². The van der Waals surface area contributed by atoms with Crippen molar-refractivity contribution in [2.75, 3.05) is 5.32 Å². The Bertz CT molecular complexity index is 1350. The smallest absolute Gasteiger partial charge is 0.187 e. The molecule has 0 atom stereocenters. The molecule has 8 heteroatoms. The summed E-state index contributed by atoms with van der Waals surface area (Å²) in [5.74, 6) is 0.802. The Morgan fingerprint density at radius 3 is 2.43 bits per heavy atom. The van der Waals surface area contributed by atoms with Crippen molar-refractivity contribution in [3.63, 3.8) is 0 Å². The van der Waals surface area contributed by atoms with Crippen LogP contribution in [0.15, 0.2) is 58.4 Å². The fraction of sp³-hybridized carbons (Fsp3) is 0.0909. The van der Waals surface area contributed by atoms with Gasteiger partial charge in [0, 0.05) is 32.7 Å². The molecule has 1 N–H and O–H groups in total. The fourth-order valence-electron chi connectivity index (χ4n) is 3.29. The van der Waals surface area contributed by atoms with Gasteiger partial charge in [0.15, 0.2) is 10.8 Å². The Morgan fingerprint density at radius 2 is 1.70 bits per heavy atom.